The molecule has 0 unspecified atom stereocenters. The summed E-state index contributed by atoms with van der Waals surface area (Å²) in [6, 6.07) is 24.0. The topological polar surface area (TPSA) is 98.2 Å². The number of aryl methyl sites for hydroxylation is 1. The third-order valence-electron chi connectivity index (χ3n) is 4.76. The van der Waals surface area contributed by atoms with Gasteiger partial charge in [0.1, 0.15) is 0 Å². The van der Waals surface area contributed by atoms with Crippen LogP contribution in [0.2, 0.25) is 5.02 Å². The van der Waals surface area contributed by atoms with Crippen molar-refractivity contribution in [3.05, 3.63) is 99.3 Å². The van der Waals surface area contributed by atoms with E-state index in [9.17, 15) is 4.79 Å². The molecule has 5 aromatic rings. The molecule has 2 aromatic heterocycles. The van der Waals surface area contributed by atoms with Crippen molar-refractivity contribution in [2.24, 2.45) is 4.99 Å². The number of nitrogens with one attached hydrogen (secondary N) is 1. The average molecular weight is 489 g/mol. The van der Waals surface area contributed by atoms with E-state index in [1.807, 2.05) is 61.5 Å². The number of anilines is 1. The summed E-state index contributed by atoms with van der Waals surface area (Å²) >= 11 is 7.07. The molecule has 0 aliphatic heterocycles. The van der Waals surface area contributed by atoms with Gasteiger partial charge in [0.15, 0.2) is 0 Å². The molecule has 0 bridgehead atoms. The summed E-state index contributed by atoms with van der Waals surface area (Å²) in [5, 5.41) is 16.3. The zero-order valence-corrected chi connectivity index (χ0v) is 19.4. The molecule has 0 spiro atoms. The maximum atomic E-state index is 12.9. The fourth-order valence-electron chi connectivity index (χ4n) is 3.06. The molecule has 2 heterocycles. The fourth-order valence-corrected chi connectivity index (χ4v) is 3.98. The first-order valence-corrected chi connectivity index (χ1v) is 11.4. The first kappa shape index (κ1) is 21.7. The summed E-state index contributed by atoms with van der Waals surface area (Å²) < 4.78 is 7.30. The van der Waals surface area contributed by atoms with Crippen molar-refractivity contribution in [3.8, 4) is 17.1 Å². The molecular weight excluding hydrogens is 472 g/mol. The minimum absolute atomic E-state index is 0.0458. The largest absolute Gasteiger partial charge is 0.402 e. The van der Waals surface area contributed by atoms with Gasteiger partial charge in [-0.3, -0.25) is 4.79 Å². The Kier molecular flexibility index (Phi) is 6.03. The molecular formula is C24H17ClN6O2S. The number of nitrogens with zero attached hydrogens (tertiary/aromatic N) is 5. The molecule has 34 heavy (non-hydrogen) atoms. The number of halogens is 1. The Labute approximate surface area is 203 Å². The molecule has 0 radical (unpaired) electrons. The molecule has 0 saturated heterocycles. The van der Waals surface area contributed by atoms with Gasteiger partial charge in [0.2, 0.25) is 15.7 Å². The zero-order chi connectivity index (χ0) is 23.5. The van der Waals surface area contributed by atoms with Gasteiger partial charge in [0.05, 0.1) is 5.69 Å². The first-order valence-electron chi connectivity index (χ1n) is 10.2. The number of carbonyl (C=O) groups excluding carboxylic acids is 1. The molecule has 0 fully saturated rings. The molecule has 0 atom stereocenters. The van der Waals surface area contributed by atoms with Crippen LogP contribution in [0.1, 0.15) is 15.4 Å². The second kappa shape index (κ2) is 9.42. The summed E-state index contributed by atoms with van der Waals surface area (Å²) in [6.45, 7) is 2.00. The third-order valence-corrected chi connectivity index (χ3v) is 5.92. The van der Waals surface area contributed by atoms with Crippen LogP contribution >= 0.6 is 22.9 Å². The first-order chi connectivity index (χ1) is 16.5. The number of rotatable bonds is 5. The minimum Gasteiger partial charge on any atom is -0.402 e. The van der Waals surface area contributed by atoms with Gasteiger partial charge in [-0.1, -0.05) is 63.9 Å². The number of hydrogen-bond donors (Lipinski definition) is 1. The van der Waals surface area contributed by atoms with Crippen LogP contribution in [0, 0.1) is 6.92 Å². The highest BCUT2D eigenvalue weighted by molar-refractivity contribution is 7.11. The minimum atomic E-state index is -0.342. The van der Waals surface area contributed by atoms with Crippen LogP contribution in [0.25, 0.3) is 17.1 Å². The Morgan fingerprint density at radius 2 is 1.74 bits per heavy atom. The van der Waals surface area contributed by atoms with E-state index in [2.05, 4.69) is 25.6 Å². The van der Waals surface area contributed by atoms with Crippen LogP contribution in [0.4, 0.5) is 11.7 Å². The number of carbonyl (C=O) groups is 1. The van der Waals surface area contributed by atoms with Gasteiger partial charge in [-0.05, 0) is 55.5 Å². The number of amides is 1. The quantitative estimate of drug-likeness (QED) is 0.355. The lowest BCUT2D eigenvalue weighted by Crippen LogP contribution is -2.15. The van der Waals surface area contributed by atoms with Crippen LogP contribution < -0.4 is 10.1 Å². The van der Waals surface area contributed by atoms with Crippen LogP contribution in [0.5, 0.6) is 0 Å². The van der Waals surface area contributed by atoms with Gasteiger partial charge in [-0.2, -0.15) is 4.99 Å². The molecule has 0 aliphatic rings. The highest BCUT2D eigenvalue weighted by Crippen LogP contribution is 2.23. The van der Waals surface area contributed by atoms with Gasteiger partial charge in [0, 0.05) is 16.3 Å². The summed E-state index contributed by atoms with van der Waals surface area (Å²) in [5.41, 5.74) is 3.24. The van der Waals surface area contributed by atoms with Crippen LogP contribution in [-0.2, 0) is 0 Å². The molecule has 168 valence electrons. The van der Waals surface area contributed by atoms with Crippen molar-refractivity contribution in [2.45, 2.75) is 6.92 Å². The summed E-state index contributed by atoms with van der Waals surface area (Å²) in [7, 11) is 0. The molecule has 1 N–H and O–H groups in total. The van der Waals surface area contributed by atoms with Crippen molar-refractivity contribution in [1.29, 1.82) is 0 Å². The molecule has 0 aliphatic carbocycles. The Morgan fingerprint density at radius 3 is 2.47 bits per heavy atom. The van der Waals surface area contributed by atoms with E-state index in [1.54, 1.807) is 28.9 Å². The lowest BCUT2D eigenvalue weighted by atomic mass is 10.2. The molecule has 8 nitrogen and oxygen atoms in total. The van der Waals surface area contributed by atoms with Crippen LogP contribution in [-0.4, -0.2) is 25.9 Å². The predicted molar refractivity (Wildman–Crippen MR) is 131 cm³/mol. The standard InChI is InChI=1S/C24H17ClN6O2S/c1-15-7-13-19(14-8-15)31-24(34-22(30-31)20(32)26-18-5-3-2-4-6-18)27-23-29-28-21(33-23)16-9-11-17(25)12-10-16/h2-14H,1H3,(H,26,32). The Bertz CT molecular complexity index is 1510. The van der Waals surface area contributed by atoms with Crippen molar-refractivity contribution in [1.82, 2.24) is 20.0 Å². The van der Waals surface area contributed by atoms with Crippen molar-refractivity contribution in [3.63, 3.8) is 0 Å². The van der Waals surface area contributed by atoms with Crippen molar-refractivity contribution in [2.75, 3.05) is 5.32 Å². The van der Waals surface area contributed by atoms with E-state index >= 15 is 0 Å². The molecule has 0 saturated carbocycles. The highest BCUT2D eigenvalue weighted by Gasteiger charge is 2.16. The lowest BCUT2D eigenvalue weighted by Gasteiger charge is -2.02. The zero-order valence-electron chi connectivity index (χ0n) is 17.8. The van der Waals surface area contributed by atoms with E-state index in [1.165, 1.54) is 0 Å². The highest BCUT2D eigenvalue weighted by atomic mass is 35.5. The van der Waals surface area contributed by atoms with E-state index in [0.717, 1.165) is 28.2 Å². The predicted octanol–water partition coefficient (Wildman–Crippen LogP) is 5.43. The van der Waals surface area contributed by atoms with Gasteiger partial charge in [-0.25, -0.2) is 4.68 Å². The summed E-state index contributed by atoms with van der Waals surface area (Å²) in [5.74, 6) is -0.0326. The molecule has 10 heteroatoms. The van der Waals surface area contributed by atoms with Gasteiger partial charge in [0.25, 0.3) is 5.91 Å². The van der Waals surface area contributed by atoms with Gasteiger partial charge in [-0.15, -0.1) is 10.2 Å². The number of para-hydroxylation sites is 1. The van der Waals surface area contributed by atoms with Gasteiger partial charge < -0.3 is 9.73 Å². The fraction of sp³-hybridized carbons (Fsp3) is 0.0417. The Hall–Kier alpha value is -4.08. The van der Waals surface area contributed by atoms with Crippen molar-refractivity contribution >= 4 is 40.5 Å². The molecule has 3 aromatic carbocycles. The molecule has 1 amide bonds. The second-order valence-electron chi connectivity index (χ2n) is 7.27. The Balaban J connectivity index is 1.53. The van der Waals surface area contributed by atoms with Crippen LogP contribution in [0.15, 0.2) is 88.3 Å². The number of benzene rings is 3. The summed E-state index contributed by atoms with van der Waals surface area (Å²) in [6.07, 6.45) is 0. The van der Waals surface area contributed by atoms with E-state index in [4.69, 9.17) is 16.0 Å². The smallest absolute Gasteiger partial charge is 0.345 e. The number of aromatic nitrogens is 4. The normalized spacial score (nSPS) is 11.5. The third kappa shape index (κ3) is 4.80. The van der Waals surface area contributed by atoms with E-state index in [0.29, 0.717) is 21.4 Å². The summed E-state index contributed by atoms with van der Waals surface area (Å²) in [4.78, 5) is 17.8. The molecule has 5 rings (SSSR count). The van der Waals surface area contributed by atoms with E-state index in [-0.39, 0.29) is 16.9 Å². The second-order valence-corrected chi connectivity index (χ2v) is 8.66. The van der Waals surface area contributed by atoms with Crippen LogP contribution in [0.3, 0.4) is 0 Å². The maximum Gasteiger partial charge on any atom is 0.345 e. The Morgan fingerprint density at radius 1 is 1.00 bits per heavy atom. The monoisotopic (exact) mass is 488 g/mol. The number of hydrogen-bond acceptors (Lipinski definition) is 7. The van der Waals surface area contributed by atoms with Gasteiger partial charge >= 0.3 is 6.01 Å². The maximum absolute atomic E-state index is 12.9. The van der Waals surface area contributed by atoms with E-state index < -0.39 is 0 Å². The van der Waals surface area contributed by atoms with Crippen molar-refractivity contribution < 1.29 is 9.21 Å². The average Bonchev–Trinajstić information content (AvgIpc) is 3.49. The lowest BCUT2D eigenvalue weighted by molar-refractivity contribution is 0.102. The SMILES string of the molecule is Cc1ccc(-n2nc(C(=O)Nc3ccccc3)sc2=Nc2nnc(-c3ccc(Cl)cc3)o2)cc1.